The van der Waals surface area contributed by atoms with Crippen molar-refractivity contribution in [3.05, 3.63) is 0 Å². The van der Waals surface area contributed by atoms with Crippen molar-refractivity contribution in [2.24, 2.45) is 0 Å². The van der Waals surface area contributed by atoms with Crippen LogP contribution in [0.1, 0.15) is 54.4 Å². The van der Waals surface area contributed by atoms with E-state index in [9.17, 15) is 0 Å². The molecule has 0 spiro atoms. The molecule has 148 valence electrons. The molecule has 0 aromatic heterocycles. The Morgan fingerprint density at radius 1 is 0.920 bits per heavy atom. The van der Waals surface area contributed by atoms with Crippen molar-refractivity contribution >= 4 is 0 Å². The largest absolute Gasteiger partial charge is 0.373 e. The highest BCUT2D eigenvalue weighted by molar-refractivity contribution is 4.88. The predicted molar refractivity (Wildman–Crippen MR) is 96.6 cm³/mol. The standard InChI is InChI=1S/C19H37NO5/c1-7-20(8-2)11-9-10-12-21-17(15-13-22-18(3,4)24-15)16-14-23-19(5,6)25-16/h15-17H,7-14H2,1-6H3. The first kappa shape index (κ1) is 21.1. The van der Waals surface area contributed by atoms with E-state index in [-0.39, 0.29) is 18.3 Å². The topological polar surface area (TPSA) is 49.4 Å². The molecule has 2 saturated heterocycles. The fourth-order valence-electron chi connectivity index (χ4n) is 3.41. The molecule has 0 radical (unpaired) electrons. The van der Waals surface area contributed by atoms with Crippen LogP contribution in [0.2, 0.25) is 0 Å². The second kappa shape index (κ2) is 9.11. The third kappa shape index (κ3) is 6.45. The summed E-state index contributed by atoms with van der Waals surface area (Å²) in [6, 6.07) is 0. The van der Waals surface area contributed by atoms with Gasteiger partial charge in [0.15, 0.2) is 11.6 Å². The summed E-state index contributed by atoms with van der Waals surface area (Å²) >= 11 is 0. The van der Waals surface area contributed by atoms with Gasteiger partial charge in [-0.05, 0) is 60.2 Å². The van der Waals surface area contributed by atoms with Crippen molar-refractivity contribution in [2.45, 2.75) is 84.3 Å². The summed E-state index contributed by atoms with van der Waals surface area (Å²) in [4.78, 5) is 2.43. The summed E-state index contributed by atoms with van der Waals surface area (Å²) in [6.45, 7) is 17.2. The number of unbranched alkanes of at least 4 members (excludes halogenated alkanes) is 1. The zero-order valence-electron chi connectivity index (χ0n) is 16.9. The zero-order chi connectivity index (χ0) is 18.5. The minimum Gasteiger partial charge on any atom is -0.373 e. The van der Waals surface area contributed by atoms with Crippen molar-refractivity contribution in [3.63, 3.8) is 0 Å². The molecule has 25 heavy (non-hydrogen) atoms. The van der Waals surface area contributed by atoms with Crippen LogP contribution in [0.25, 0.3) is 0 Å². The molecule has 2 fully saturated rings. The normalized spacial score (nSPS) is 29.4. The van der Waals surface area contributed by atoms with E-state index in [0.717, 1.165) is 32.5 Å². The van der Waals surface area contributed by atoms with Gasteiger partial charge in [-0.3, -0.25) is 0 Å². The summed E-state index contributed by atoms with van der Waals surface area (Å²) < 4.78 is 29.7. The Bertz CT molecular complexity index is 371. The maximum Gasteiger partial charge on any atom is 0.163 e. The van der Waals surface area contributed by atoms with Gasteiger partial charge in [-0.15, -0.1) is 0 Å². The highest BCUT2D eigenvalue weighted by atomic mass is 16.8. The minimum absolute atomic E-state index is 0.125. The summed E-state index contributed by atoms with van der Waals surface area (Å²) in [5.41, 5.74) is 0. The molecule has 6 heteroatoms. The summed E-state index contributed by atoms with van der Waals surface area (Å²) in [5.74, 6) is -1.13. The Kier molecular flexibility index (Phi) is 7.67. The van der Waals surface area contributed by atoms with Crippen molar-refractivity contribution in [1.82, 2.24) is 4.90 Å². The van der Waals surface area contributed by atoms with Gasteiger partial charge in [-0.25, -0.2) is 0 Å². The number of ether oxygens (including phenoxy) is 5. The van der Waals surface area contributed by atoms with E-state index in [1.54, 1.807) is 0 Å². The van der Waals surface area contributed by atoms with Gasteiger partial charge in [0.2, 0.25) is 0 Å². The molecule has 0 saturated carbocycles. The number of rotatable bonds is 10. The molecule has 2 aliphatic heterocycles. The summed E-state index contributed by atoms with van der Waals surface area (Å²) in [5, 5.41) is 0. The highest BCUT2D eigenvalue weighted by Gasteiger charge is 2.46. The van der Waals surface area contributed by atoms with Gasteiger partial charge in [0.1, 0.15) is 18.3 Å². The number of hydrogen-bond donors (Lipinski definition) is 0. The van der Waals surface area contributed by atoms with E-state index in [4.69, 9.17) is 23.7 Å². The first-order valence-electron chi connectivity index (χ1n) is 9.74. The molecule has 2 atom stereocenters. The van der Waals surface area contributed by atoms with E-state index in [2.05, 4.69) is 18.7 Å². The minimum atomic E-state index is -0.565. The van der Waals surface area contributed by atoms with Crippen LogP contribution in [0.3, 0.4) is 0 Å². The average Bonchev–Trinajstić information content (AvgIpc) is 3.08. The maximum absolute atomic E-state index is 6.22. The average molecular weight is 360 g/mol. The Labute approximate surface area is 153 Å². The molecule has 2 heterocycles. The molecular weight excluding hydrogens is 322 g/mol. The van der Waals surface area contributed by atoms with Crippen LogP contribution in [0.5, 0.6) is 0 Å². The molecule has 2 aliphatic rings. The number of hydrogen-bond acceptors (Lipinski definition) is 6. The lowest BCUT2D eigenvalue weighted by Gasteiger charge is -2.29. The van der Waals surface area contributed by atoms with Crippen molar-refractivity contribution in [2.75, 3.05) is 39.5 Å². The molecule has 0 aromatic carbocycles. The molecule has 0 bridgehead atoms. The van der Waals surface area contributed by atoms with Crippen molar-refractivity contribution in [3.8, 4) is 0 Å². The maximum atomic E-state index is 6.22. The third-order valence-electron chi connectivity index (χ3n) is 4.87. The van der Waals surface area contributed by atoms with E-state index < -0.39 is 11.6 Å². The van der Waals surface area contributed by atoms with E-state index in [1.807, 2.05) is 27.7 Å². The van der Waals surface area contributed by atoms with Crippen LogP contribution in [0.15, 0.2) is 0 Å². The second-order valence-corrected chi connectivity index (χ2v) is 7.80. The van der Waals surface area contributed by atoms with Gasteiger partial charge in [0.05, 0.1) is 13.2 Å². The third-order valence-corrected chi connectivity index (χ3v) is 4.87. The number of nitrogens with zero attached hydrogens (tertiary/aromatic N) is 1. The molecule has 2 unspecified atom stereocenters. The van der Waals surface area contributed by atoms with E-state index in [0.29, 0.717) is 19.8 Å². The molecule has 0 N–H and O–H groups in total. The Balaban J connectivity index is 1.83. The van der Waals surface area contributed by atoms with Gasteiger partial charge >= 0.3 is 0 Å². The first-order chi connectivity index (χ1) is 11.8. The van der Waals surface area contributed by atoms with Crippen LogP contribution in [-0.2, 0) is 23.7 Å². The van der Waals surface area contributed by atoms with E-state index in [1.165, 1.54) is 0 Å². The lowest BCUT2D eigenvalue weighted by Crippen LogP contribution is -2.44. The zero-order valence-corrected chi connectivity index (χ0v) is 16.9. The molecular formula is C19H37NO5. The van der Waals surface area contributed by atoms with Crippen LogP contribution >= 0.6 is 0 Å². The van der Waals surface area contributed by atoms with Crippen molar-refractivity contribution < 1.29 is 23.7 Å². The van der Waals surface area contributed by atoms with Gasteiger partial charge in [0, 0.05) is 6.61 Å². The van der Waals surface area contributed by atoms with Gasteiger partial charge in [-0.1, -0.05) is 13.8 Å². The van der Waals surface area contributed by atoms with Gasteiger partial charge in [-0.2, -0.15) is 0 Å². The monoisotopic (exact) mass is 359 g/mol. The van der Waals surface area contributed by atoms with E-state index >= 15 is 0 Å². The molecule has 0 aliphatic carbocycles. The first-order valence-corrected chi connectivity index (χ1v) is 9.74. The van der Waals surface area contributed by atoms with Crippen LogP contribution in [0.4, 0.5) is 0 Å². The van der Waals surface area contributed by atoms with Gasteiger partial charge in [0.25, 0.3) is 0 Å². The summed E-state index contributed by atoms with van der Waals surface area (Å²) in [7, 11) is 0. The van der Waals surface area contributed by atoms with Crippen LogP contribution < -0.4 is 0 Å². The second-order valence-electron chi connectivity index (χ2n) is 7.80. The van der Waals surface area contributed by atoms with Crippen molar-refractivity contribution in [1.29, 1.82) is 0 Å². The Morgan fingerprint density at radius 2 is 1.44 bits per heavy atom. The molecule has 6 nitrogen and oxygen atoms in total. The highest BCUT2D eigenvalue weighted by Crippen LogP contribution is 2.32. The van der Waals surface area contributed by atoms with Crippen LogP contribution in [-0.4, -0.2) is 74.2 Å². The molecule has 0 aromatic rings. The summed E-state index contributed by atoms with van der Waals surface area (Å²) in [6.07, 6.45) is 1.74. The smallest absolute Gasteiger partial charge is 0.163 e. The molecule has 2 rings (SSSR count). The SMILES string of the molecule is CCN(CC)CCCCOC(C1COC(C)(C)O1)C1COC(C)(C)O1. The lowest BCUT2D eigenvalue weighted by molar-refractivity contribution is -0.188. The Hall–Kier alpha value is -0.240. The van der Waals surface area contributed by atoms with Crippen LogP contribution in [0, 0.1) is 0 Å². The quantitative estimate of drug-likeness (QED) is 0.559. The Morgan fingerprint density at radius 3 is 1.84 bits per heavy atom. The lowest BCUT2D eigenvalue weighted by atomic mass is 10.1. The fourth-order valence-corrected chi connectivity index (χ4v) is 3.41. The fraction of sp³-hybridized carbons (Fsp3) is 1.00. The predicted octanol–water partition coefficient (Wildman–Crippen LogP) is 2.80. The van der Waals surface area contributed by atoms with Gasteiger partial charge < -0.3 is 28.6 Å². The molecule has 0 amide bonds.